The SMILES string of the molecule is O=C(NCCN1CCOCC1)C1N(CCO)C(=O)[C@@H]2[C@@H](C(=O)NCc3ccccc3)[C@@H]3SC12CC3Br. The van der Waals surface area contributed by atoms with E-state index in [1.165, 1.54) is 4.90 Å². The van der Waals surface area contributed by atoms with Gasteiger partial charge >= 0.3 is 0 Å². The fourth-order valence-electron chi connectivity index (χ4n) is 6.24. The van der Waals surface area contributed by atoms with Gasteiger partial charge in [-0.1, -0.05) is 46.3 Å². The molecule has 0 radical (unpaired) electrons. The number of carbonyl (C=O) groups excluding carboxylic acids is 3. The second-order valence-electron chi connectivity index (χ2n) is 9.87. The summed E-state index contributed by atoms with van der Waals surface area (Å²) in [6.45, 7) is 4.49. The van der Waals surface area contributed by atoms with Crippen molar-refractivity contribution in [2.24, 2.45) is 11.8 Å². The highest BCUT2D eigenvalue weighted by atomic mass is 79.9. The van der Waals surface area contributed by atoms with Gasteiger partial charge in [0, 0.05) is 49.3 Å². The van der Waals surface area contributed by atoms with E-state index in [1.54, 1.807) is 11.8 Å². The van der Waals surface area contributed by atoms with E-state index in [4.69, 9.17) is 4.74 Å². The lowest BCUT2D eigenvalue weighted by Gasteiger charge is -2.35. The van der Waals surface area contributed by atoms with Crippen LogP contribution in [-0.4, -0.2) is 106 Å². The third-order valence-corrected chi connectivity index (χ3v) is 11.0. The maximum Gasteiger partial charge on any atom is 0.244 e. The molecular formula is C25H33BrN4O5S. The molecular weight excluding hydrogens is 548 g/mol. The molecule has 1 aromatic rings. The molecule has 5 rings (SSSR count). The summed E-state index contributed by atoms with van der Waals surface area (Å²) in [7, 11) is 0. The first-order valence-corrected chi connectivity index (χ1v) is 14.4. The van der Waals surface area contributed by atoms with Crippen LogP contribution in [0.4, 0.5) is 0 Å². The van der Waals surface area contributed by atoms with Crippen molar-refractivity contribution in [3.8, 4) is 0 Å². The Hall–Kier alpha value is -1.66. The summed E-state index contributed by atoms with van der Waals surface area (Å²) < 4.78 is 4.69. The standard InChI is InChI=1S/C25H33BrN4O5S/c26-17-14-25-19(18(20(17)36-25)22(32)28-15-16-4-2-1-3-5-16)24(34)30(8-11-31)21(25)23(33)27-6-7-29-9-12-35-13-10-29/h1-5,17-21,31H,6-15H2,(H,27,33)(H,28,32)/t17?,18-,19+,20-,21?,25?/m1/s1. The lowest BCUT2D eigenvalue weighted by Crippen LogP contribution is -2.55. The number of amides is 3. The number of nitrogens with zero attached hydrogens (tertiary/aromatic N) is 2. The molecule has 0 aromatic heterocycles. The summed E-state index contributed by atoms with van der Waals surface area (Å²) in [6, 6.07) is 8.96. The maximum atomic E-state index is 13.7. The fraction of sp³-hybridized carbons (Fsp3) is 0.640. The van der Waals surface area contributed by atoms with Gasteiger partial charge in [-0.3, -0.25) is 19.3 Å². The summed E-state index contributed by atoms with van der Waals surface area (Å²) in [6.07, 6.45) is 0.630. The van der Waals surface area contributed by atoms with Crippen LogP contribution in [0, 0.1) is 11.8 Å². The first-order valence-electron chi connectivity index (χ1n) is 12.6. The highest BCUT2D eigenvalue weighted by molar-refractivity contribution is 9.09. The van der Waals surface area contributed by atoms with Crippen LogP contribution in [0.15, 0.2) is 30.3 Å². The molecule has 9 nitrogen and oxygen atoms in total. The average molecular weight is 582 g/mol. The second-order valence-corrected chi connectivity index (χ2v) is 12.6. The van der Waals surface area contributed by atoms with E-state index in [2.05, 4.69) is 31.5 Å². The predicted octanol–water partition coefficient (Wildman–Crippen LogP) is 0.208. The van der Waals surface area contributed by atoms with Crippen LogP contribution in [-0.2, 0) is 25.7 Å². The van der Waals surface area contributed by atoms with E-state index in [0.717, 1.165) is 18.7 Å². The van der Waals surface area contributed by atoms with Crippen molar-refractivity contribution in [1.82, 2.24) is 20.4 Å². The minimum Gasteiger partial charge on any atom is -0.395 e. The number of likely N-dealkylation sites (tertiary alicyclic amines) is 1. The van der Waals surface area contributed by atoms with E-state index in [-0.39, 0.29) is 41.0 Å². The van der Waals surface area contributed by atoms with Crippen molar-refractivity contribution in [3.63, 3.8) is 0 Å². The van der Waals surface area contributed by atoms with Crippen molar-refractivity contribution in [3.05, 3.63) is 35.9 Å². The molecule has 2 bridgehead atoms. The average Bonchev–Trinajstić information content (AvgIpc) is 3.47. The zero-order valence-corrected chi connectivity index (χ0v) is 22.5. The number of β-amino-alcohol motifs (C(OH)–C–C–N with tert-alkyl or cyclic N) is 1. The van der Waals surface area contributed by atoms with Gasteiger partial charge in [0.1, 0.15) is 6.04 Å². The number of fused-ring (bicyclic) bond motifs is 1. The van der Waals surface area contributed by atoms with Gasteiger partial charge in [0.2, 0.25) is 17.7 Å². The van der Waals surface area contributed by atoms with Crippen molar-refractivity contribution in [1.29, 1.82) is 0 Å². The number of aliphatic hydroxyl groups excluding tert-OH is 1. The summed E-state index contributed by atoms with van der Waals surface area (Å²) in [5, 5.41) is 15.7. The number of ether oxygens (including phenoxy) is 1. The predicted molar refractivity (Wildman–Crippen MR) is 140 cm³/mol. The Balaban J connectivity index is 1.32. The normalized spacial score (nSPS) is 33.6. The van der Waals surface area contributed by atoms with Gasteiger partial charge in [-0.05, 0) is 12.0 Å². The number of carbonyl (C=O) groups is 3. The Kier molecular flexibility index (Phi) is 7.92. The van der Waals surface area contributed by atoms with Crippen LogP contribution in [0.1, 0.15) is 12.0 Å². The van der Waals surface area contributed by atoms with Crippen molar-refractivity contribution >= 4 is 45.4 Å². The van der Waals surface area contributed by atoms with Crippen LogP contribution in [0.2, 0.25) is 0 Å². The number of benzene rings is 1. The molecule has 11 heteroatoms. The Morgan fingerprint density at radius 2 is 1.89 bits per heavy atom. The second kappa shape index (κ2) is 11.0. The van der Waals surface area contributed by atoms with Gasteiger partial charge in [-0.2, -0.15) is 0 Å². The zero-order valence-electron chi connectivity index (χ0n) is 20.1. The number of hydrogen-bond donors (Lipinski definition) is 3. The van der Waals surface area contributed by atoms with E-state index >= 15 is 0 Å². The molecule has 4 heterocycles. The number of thioether (sulfide) groups is 1. The lowest BCUT2D eigenvalue weighted by atomic mass is 9.70. The van der Waals surface area contributed by atoms with Gasteiger partial charge in [0.15, 0.2) is 0 Å². The molecule has 4 fully saturated rings. The molecule has 0 saturated carbocycles. The highest BCUT2D eigenvalue weighted by Gasteiger charge is 2.75. The van der Waals surface area contributed by atoms with Crippen molar-refractivity contribution < 1.29 is 24.2 Å². The van der Waals surface area contributed by atoms with Gasteiger partial charge in [-0.15, -0.1) is 11.8 Å². The zero-order chi connectivity index (χ0) is 25.3. The Labute approximate surface area is 223 Å². The molecule has 4 aliphatic heterocycles. The molecule has 1 spiro atoms. The number of morpholine rings is 1. The number of rotatable bonds is 9. The molecule has 0 aliphatic carbocycles. The molecule has 36 heavy (non-hydrogen) atoms. The molecule has 196 valence electrons. The van der Waals surface area contributed by atoms with Crippen LogP contribution >= 0.6 is 27.7 Å². The maximum absolute atomic E-state index is 13.7. The molecule has 6 atom stereocenters. The number of hydrogen-bond acceptors (Lipinski definition) is 7. The Morgan fingerprint density at radius 1 is 1.14 bits per heavy atom. The molecule has 1 aromatic carbocycles. The quantitative estimate of drug-likeness (QED) is 0.358. The van der Waals surface area contributed by atoms with Crippen LogP contribution in [0.5, 0.6) is 0 Å². The fourth-order valence-corrected chi connectivity index (χ4v) is 9.85. The molecule has 4 saturated heterocycles. The Morgan fingerprint density at radius 3 is 2.61 bits per heavy atom. The molecule has 3 unspecified atom stereocenters. The van der Waals surface area contributed by atoms with Crippen LogP contribution in [0.25, 0.3) is 0 Å². The smallest absolute Gasteiger partial charge is 0.244 e. The first-order chi connectivity index (χ1) is 17.5. The monoisotopic (exact) mass is 580 g/mol. The third-order valence-electron chi connectivity index (χ3n) is 7.82. The third kappa shape index (κ3) is 4.69. The molecule has 3 amide bonds. The summed E-state index contributed by atoms with van der Waals surface area (Å²) in [5.74, 6) is -1.68. The summed E-state index contributed by atoms with van der Waals surface area (Å²) in [5.41, 5.74) is 0.990. The van der Waals surface area contributed by atoms with Crippen molar-refractivity contribution in [2.45, 2.75) is 33.8 Å². The van der Waals surface area contributed by atoms with Gasteiger partial charge in [-0.25, -0.2) is 0 Å². The van der Waals surface area contributed by atoms with E-state index in [1.807, 2.05) is 30.3 Å². The molecule has 4 aliphatic rings. The highest BCUT2D eigenvalue weighted by Crippen LogP contribution is 2.67. The minimum atomic E-state index is -0.714. The van der Waals surface area contributed by atoms with Gasteiger partial charge < -0.3 is 25.4 Å². The lowest BCUT2D eigenvalue weighted by molar-refractivity contribution is -0.140. The number of alkyl halides is 1. The summed E-state index contributed by atoms with van der Waals surface area (Å²) >= 11 is 5.37. The number of nitrogens with one attached hydrogen (secondary N) is 2. The van der Waals surface area contributed by atoms with E-state index < -0.39 is 22.6 Å². The number of halogens is 1. The minimum absolute atomic E-state index is 0.0248. The molecule has 3 N–H and O–H groups in total. The van der Waals surface area contributed by atoms with Gasteiger partial charge in [0.25, 0.3) is 0 Å². The van der Waals surface area contributed by atoms with Crippen LogP contribution in [0.3, 0.4) is 0 Å². The van der Waals surface area contributed by atoms with Crippen LogP contribution < -0.4 is 10.6 Å². The Bertz CT molecular complexity index is 980. The summed E-state index contributed by atoms with van der Waals surface area (Å²) in [4.78, 5) is 44.5. The topological polar surface area (TPSA) is 111 Å². The largest absolute Gasteiger partial charge is 0.395 e. The number of aliphatic hydroxyl groups is 1. The first kappa shape index (κ1) is 26.0. The van der Waals surface area contributed by atoms with Crippen molar-refractivity contribution in [2.75, 3.05) is 52.5 Å². The van der Waals surface area contributed by atoms with E-state index in [9.17, 15) is 19.5 Å². The van der Waals surface area contributed by atoms with E-state index in [0.29, 0.717) is 39.3 Å². The van der Waals surface area contributed by atoms with Gasteiger partial charge in [0.05, 0.1) is 36.4 Å².